The highest BCUT2D eigenvalue weighted by molar-refractivity contribution is 4.89. The average molecular weight is 294 g/mol. The quantitative estimate of drug-likeness (QED) is 0.613. The number of rotatable bonds is 10. The molecule has 0 N–H and O–H groups in total. The van der Waals surface area contributed by atoms with E-state index >= 15 is 0 Å². The molecule has 0 aromatic rings. The summed E-state index contributed by atoms with van der Waals surface area (Å²) < 4.78 is 5.66. The molecule has 120 valence electrons. The van der Waals surface area contributed by atoms with Crippen molar-refractivity contribution in [3.8, 4) is 12.1 Å². The maximum absolute atomic E-state index is 9.24. The topological polar surface area (TPSA) is 63.3 Å². The van der Waals surface area contributed by atoms with Crippen molar-refractivity contribution in [3.05, 3.63) is 0 Å². The number of hydrogen-bond acceptors (Lipinski definition) is 5. The molecule has 0 aliphatic carbocycles. The molecule has 0 aromatic carbocycles. The van der Waals surface area contributed by atoms with Crippen LogP contribution in [0.25, 0.3) is 0 Å². The summed E-state index contributed by atoms with van der Waals surface area (Å²) in [6.45, 7) is 6.65. The van der Waals surface area contributed by atoms with E-state index in [1.165, 1.54) is 0 Å². The Hall–Kier alpha value is -1.14. The molecule has 5 heteroatoms. The number of nitrogens with zero attached hydrogens (tertiary/aromatic N) is 4. The van der Waals surface area contributed by atoms with Gasteiger partial charge in [-0.1, -0.05) is 13.8 Å². The summed E-state index contributed by atoms with van der Waals surface area (Å²) in [5.74, 6) is 0.251. The lowest BCUT2D eigenvalue weighted by molar-refractivity contribution is 0.0646. The smallest absolute Gasteiger partial charge is 0.0734 e. The highest BCUT2D eigenvalue weighted by Crippen LogP contribution is 2.15. The zero-order chi connectivity index (χ0) is 16.4. The molecule has 21 heavy (non-hydrogen) atoms. The van der Waals surface area contributed by atoms with Crippen molar-refractivity contribution in [2.45, 2.75) is 13.8 Å². The second-order valence-electron chi connectivity index (χ2n) is 6.49. The first-order valence-corrected chi connectivity index (χ1v) is 7.48. The van der Waals surface area contributed by atoms with Crippen LogP contribution >= 0.6 is 0 Å². The normalized spacial score (nSPS) is 17.0. The van der Waals surface area contributed by atoms with E-state index in [0.717, 1.165) is 13.1 Å². The van der Waals surface area contributed by atoms with Crippen molar-refractivity contribution < 1.29 is 4.74 Å². The van der Waals surface area contributed by atoms with Crippen LogP contribution in [0.4, 0.5) is 0 Å². The van der Waals surface area contributed by atoms with E-state index in [1.807, 2.05) is 28.2 Å². The Labute approximate surface area is 130 Å². The van der Waals surface area contributed by atoms with Crippen molar-refractivity contribution in [1.82, 2.24) is 9.80 Å². The van der Waals surface area contributed by atoms with Gasteiger partial charge in [0.1, 0.15) is 0 Å². The molecule has 0 radical (unpaired) electrons. The zero-order valence-corrected chi connectivity index (χ0v) is 14.3. The van der Waals surface area contributed by atoms with E-state index in [4.69, 9.17) is 4.74 Å². The molecule has 0 rings (SSSR count). The second kappa shape index (κ2) is 10.6. The van der Waals surface area contributed by atoms with Crippen molar-refractivity contribution in [1.29, 1.82) is 10.5 Å². The van der Waals surface area contributed by atoms with Crippen LogP contribution in [0.3, 0.4) is 0 Å². The Morgan fingerprint density at radius 3 is 1.38 bits per heavy atom. The Morgan fingerprint density at radius 2 is 1.14 bits per heavy atom. The molecule has 4 unspecified atom stereocenters. The largest absolute Gasteiger partial charge is 0.379 e. The average Bonchev–Trinajstić information content (AvgIpc) is 2.37. The molecule has 0 heterocycles. The summed E-state index contributed by atoms with van der Waals surface area (Å²) >= 11 is 0. The van der Waals surface area contributed by atoms with Gasteiger partial charge in [-0.05, 0) is 40.0 Å². The van der Waals surface area contributed by atoms with Gasteiger partial charge in [0.2, 0.25) is 0 Å². The predicted octanol–water partition coefficient (Wildman–Crippen LogP) is 1.68. The molecule has 0 bridgehead atoms. The molecule has 0 aliphatic heterocycles. The van der Waals surface area contributed by atoms with Gasteiger partial charge in [0.15, 0.2) is 0 Å². The van der Waals surface area contributed by atoms with Crippen LogP contribution in [0, 0.1) is 46.3 Å². The van der Waals surface area contributed by atoms with Gasteiger partial charge in [-0.3, -0.25) is 0 Å². The fourth-order valence-electron chi connectivity index (χ4n) is 2.39. The van der Waals surface area contributed by atoms with Crippen LogP contribution in [0.5, 0.6) is 0 Å². The molecule has 0 saturated carbocycles. The van der Waals surface area contributed by atoms with E-state index in [-0.39, 0.29) is 23.7 Å². The van der Waals surface area contributed by atoms with Gasteiger partial charge < -0.3 is 14.5 Å². The molecule has 0 spiro atoms. The standard InChI is InChI=1S/C16H30N4O/c1-13(9-19(3)4)15(7-17)11-21-12-16(8-18)14(2)10-20(5)6/h13-16H,9-12H2,1-6H3. The van der Waals surface area contributed by atoms with Crippen LogP contribution < -0.4 is 0 Å². The Bertz CT molecular complexity index is 322. The van der Waals surface area contributed by atoms with Gasteiger partial charge in [0.05, 0.1) is 37.2 Å². The van der Waals surface area contributed by atoms with E-state index in [1.54, 1.807) is 0 Å². The van der Waals surface area contributed by atoms with E-state index in [0.29, 0.717) is 13.2 Å². The summed E-state index contributed by atoms with van der Waals surface area (Å²) in [5, 5.41) is 18.5. The summed E-state index contributed by atoms with van der Waals surface area (Å²) in [7, 11) is 8.00. The van der Waals surface area contributed by atoms with E-state index in [2.05, 4.69) is 35.8 Å². The van der Waals surface area contributed by atoms with Crippen molar-refractivity contribution in [3.63, 3.8) is 0 Å². The lowest BCUT2D eigenvalue weighted by Gasteiger charge is -2.24. The van der Waals surface area contributed by atoms with Crippen LogP contribution in [0.2, 0.25) is 0 Å². The highest BCUT2D eigenvalue weighted by Gasteiger charge is 2.21. The fourth-order valence-corrected chi connectivity index (χ4v) is 2.39. The number of ether oxygens (including phenoxy) is 1. The van der Waals surface area contributed by atoms with Gasteiger partial charge >= 0.3 is 0 Å². The molecule has 0 fully saturated rings. The molecule has 4 atom stereocenters. The minimum absolute atomic E-state index is 0.129. The SMILES string of the molecule is CC(CN(C)C)C(C#N)COCC(C#N)C(C)CN(C)C. The third-order valence-corrected chi connectivity index (χ3v) is 3.61. The van der Waals surface area contributed by atoms with Gasteiger partial charge in [0.25, 0.3) is 0 Å². The minimum Gasteiger partial charge on any atom is -0.379 e. The Morgan fingerprint density at radius 1 is 0.810 bits per heavy atom. The maximum Gasteiger partial charge on any atom is 0.0734 e. The molecule has 0 aliphatic rings. The van der Waals surface area contributed by atoms with Gasteiger partial charge in [-0.2, -0.15) is 10.5 Å². The third-order valence-electron chi connectivity index (χ3n) is 3.61. The van der Waals surface area contributed by atoms with E-state index < -0.39 is 0 Å². The summed E-state index contributed by atoms with van der Waals surface area (Å²) in [6, 6.07) is 4.64. The molecule has 0 amide bonds. The fraction of sp³-hybridized carbons (Fsp3) is 0.875. The first-order valence-electron chi connectivity index (χ1n) is 7.48. The second-order valence-corrected chi connectivity index (χ2v) is 6.49. The lowest BCUT2D eigenvalue weighted by Crippen LogP contribution is -2.30. The first kappa shape index (κ1) is 19.9. The van der Waals surface area contributed by atoms with Crippen molar-refractivity contribution >= 4 is 0 Å². The lowest BCUT2D eigenvalue weighted by atomic mass is 9.94. The van der Waals surface area contributed by atoms with Gasteiger partial charge in [-0.25, -0.2) is 0 Å². The summed E-state index contributed by atoms with van der Waals surface area (Å²) in [6.07, 6.45) is 0. The number of nitriles is 2. The summed E-state index contributed by atoms with van der Waals surface area (Å²) in [5.41, 5.74) is 0. The molecular formula is C16H30N4O. The van der Waals surface area contributed by atoms with Crippen molar-refractivity contribution in [2.24, 2.45) is 23.7 Å². The van der Waals surface area contributed by atoms with Crippen LogP contribution in [-0.4, -0.2) is 64.3 Å². The van der Waals surface area contributed by atoms with E-state index in [9.17, 15) is 10.5 Å². The minimum atomic E-state index is -0.129. The monoisotopic (exact) mass is 294 g/mol. The molecule has 0 aromatic heterocycles. The van der Waals surface area contributed by atoms with Crippen molar-refractivity contribution in [2.75, 3.05) is 54.5 Å². The highest BCUT2D eigenvalue weighted by atomic mass is 16.5. The molecular weight excluding hydrogens is 264 g/mol. The molecule has 0 saturated heterocycles. The van der Waals surface area contributed by atoms with Crippen LogP contribution in [0.15, 0.2) is 0 Å². The predicted molar refractivity (Wildman–Crippen MR) is 84.5 cm³/mol. The van der Waals surface area contributed by atoms with Crippen LogP contribution in [0.1, 0.15) is 13.8 Å². The first-order chi connectivity index (χ1) is 9.81. The maximum atomic E-state index is 9.24. The van der Waals surface area contributed by atoms with Crippen LogP contribution in [-0.2, 0) is 4.74 Å². The third kappa shape index (κ3) is 8.67. The van der Waals surface area contributed by atoms with Gasteiger partial charge in [0, 0.05) is 13.1 Å². The van der Waals surface area contributed by atoms with Gasteiger partial charge in [-0.15, -0.1) is 0 Å². The number of hydrogen-bond donors (Lipinski definition) is 0. The molecule has 5 nitrogen and oxygen atoms in total. The Kier molecular flexibility index (Phi) is 9.99. The summed E-state index contributed by atoms with van der Waals surface area (Å²) in [4.78, 5) is 4.15. The zero-order valence-electron chi connectivity index (χ0n) is 14.3. The Balaban J connectivity index is 4.25.